The van der Waals surface area contributed by atoms with Crippen LogP contribution in [-0.2, 0) is 12.8 Å². The SMILES string of the molecule is CC1(COc2ccc(Cc3cc(Br)ccc3Cl)cc2)Cc2ccccc2O1. The lowest BCUT2D eigenvalue weighted by atomic mass is 10.0. The van der Waals surface area contributed by atoms with Gasteiger partial charge in [0.1, 0.15) is 23.7 Å². The summed E-state index contributed by atoms with van der Waals surface area (Å²) in [4.78, 5) is 0. The van der Waals surface area contributed by atoms with Crippen LogP contribution in [0.3, 0.4) is 0 Å². The Bertz CT molecular complexity index is 928. The maximum absolute atomic E-state index is 6.29. The highest BCUT2D eigenvalue weighted by Crippen LogP contribution is 2.35. The first-order valence-corrected chi connectivity index (χ1v) is 10.1. The number of hydrogen-bond acceptors (Lipinski definition) is 2. The van der Waals surface area contributed by atoms with Crippen LogP contribution in [0, 0.1) is 0 Å². The molecule has 27 heavy (non-hydrogen) atoms. The largest absolute Gasteiger partial charge is 0.489 e. The Morgan fingerprint density at radius 1 is 1.07 bits per heavy atom. The highest BCUT2D eigenvalue weighted by molar-refractivity contribution is 9.10. The molecule has 3 aromatic carbocycles. The van der Waals surface area contributed by atoms with E-state index in [1.54, 1.807) is 0 Å². The minimum absolute atomic E-state index is 0.327. The average molecular weight is 444 g/mol. The first-order chi connectivity index (χ1) is 13.0. The number of halogens is 2. The van der Waals surface area contributed by atoms with Crippen LogP contribution in [0.5, 0.6) is 11.5 Å². The van der Waals surface area contributed by atoms with Gasteiger partial charge < -0.3 is 9.47 Å². The van der Waals surface area contributed by atoms with Gasteiger partial charge in [0.25, 0.3) is 0 Å². The molecule has 0 amide bonds. The molecule has 1 unspecified atom stereocenters. The summed E-state index contributed by atoms with van der Waals surface area (Å²) < 4.78 is 13.1. The van der Waals surface area contributed by atoms with Crippen LogP contribution in [0.1, 0.15) is 23.6 Å². The Balaban J connectivity index is 1.38. The van der Waals surface area contributed by atoms with E-state index >= 15 is 0 Å². The summed E-state index contributed by atoms with van der Waals surface area (Å²) in [6, 6.07) is 22.3. The molecule has 1 heterocycles. The molecule has 1 aliphatic rings. The molecule has 4 rings (SSSR count). The summed E-state index contributed by atoms with van der Waals surface area (Å²) in [6.07, 6.45) is 1.65. The fourth-order valence-electron chi connectivity index (χ4n) is 3.37. The van der Waals surface area contributed by atoms with Crippen molar-refractivity contribution in [1.82, 2.24) is 0 Å². The molecule has 4 heteroatoms. The summed E-state index contributed by atoms with van der Waals surface area (Å²) >= 11 is 9.79. The molecule has 1 aliphatic heterocycles. The van der Waals surface area contributed by atoms with Gasteiger partial charge in [-0.05, 0) is 66.4 Å². The quantitative estimate of drug-likeness (QED) is 0.450. The van der Waals surface area contributed by atoms with Gasteiger partial charge in [-0.2, -0.15) is 0 Å². The molecule has 0 bridgehead atoms. The highest BCUT2D eigenvalue weighted by atomic mass is 79.9. The van der Waals surface area contributed by atoms with E-state index in [0.29, 0.717) is 6.61 Å². The molecule has 138 valence electrons. The Hall–Kier alpha value is -1.97. The molecule has 0 spiro atoms. The van der Waals surface area contributed by atoms with Crippen molar-refractivity contribution in [2.24, 2.45) is 0 Å². The van der Waals surface area contributed by atoms with Crippen molar-refractivity contribution in [3.63, 3.8) is 0 Å². The fraction of sp³-hybridized carbons (Fsp3) is 0.217. The van der Waals surface area contributed by atoms with Crippen molar-refractivity contribution in [3.05, 3.63) is 92.9 Å². The van der Waals surface area contributed by atoms with Gasteiger partial charge in [-0.25, -0.2) is 0 Å². The van der Waals surface area contributed by atoms with Crippen LogP contribution in [0.2, 0.25) is 5.02 Å². The van der Waals surface area contributed by atoms with Crippen molar-refractivity contribution in [3.8, 4) is 11.5 Å². The number of benzene rings is 3. The van der Waals surface area contributed by atoms with Gasteiger partial charge in [0.15, 0.2) is 0 Å². The molecule has 0 saturated carbocycles. The summed E-state index contributed by atoms with van der Waals surface area (Å²) in [5.74, 6) is 1.81. The normalized spacial score (nSPS) is 18.0. The van der Waals surface area contributed by atoms with E-state index in [4.69, 9.17) is 21.1 Å². The predicted octanol–water partition coefficient (Wildman–Crippen LogP) is 6.47. The number of ether oxygens (including phenoxy) is 2. The first kappa shape index (κ1) is 18.4. The summed E-state index contributed by atoms with van der Waals surface area (Å²) in [5.41, 5.74) is 3.21. The van der Waals surface area contributed by atoms with Gasteiger partial charge in [0.05, 0.1) is 0 Å². The summed E-state index contributed by atoms with van der Waals surface area (Å²) in [5, 5.41) is 0.782. The van der Waals surface area contributed by atoms with E-state index in [-0.39, 0.29) is 5.60 Å². The number of fused-ring (bicyclic) bond motifs is 1. The van der Waals surface area contributed by atoms with Crippen molar-refractivity contribution >= 4 is 27.5 Å². The second-order valence-electron chi connectivity index (χ2n) is 7.18. The van der Waals surface area contributed by atoms with E-state index < -0.39 is 0 Å². The van der Waals surface area contributed by atoms with Crippen LogP contribution in [0.15, 0.2) is 71.2 Å². The van der Waals surface area contributed by atoms with Gasteiger partial charge in [-0.1, -0.05) is 57.9 Å². The van der Waals surface area contributed by atoms with E-state index in [2.05, 4.69) is 47.1 Å². The van der Waals surface area contributed by atoms with Gasteiger partial charge in [-0.3, -0.25) is 0 Å². The zero-order chi connectivity index (χ0) is 18.9. The van der Waals surface area contributed by atoms with Crippen molar-refractivity contribution in [1.29, 1.82) is 0 Å². The molecule has 3 aromatic rings. The Kier molecular flexibility index (Phi) is 5.16. The topological polar surface area (TPSA) is 18.5 Å². The van der Waals surface area contributed by atoms with Gasteiger partial charge >= 0.3 is 0 Å². The van der Waals surface area contributed by atoms with Gasteiger partial charge in [-0.15, -0.1) is 0 Å². The van der Waals surface area contributed by atoms with E-state index in [1.807, 2.05) is 42.5 Å². The third-order valence-corrected chi connectivity index (χ3v) is 5.63. The fourth-order valence-corrected chi connectivity index (χ4v) is 3.97. The maximum atomic E-state index is 6.29. The zero-order valence-corrected chi connectivity index (χ0v) is 17.4. The Morgan fingerprint density at radius 3 is 2.63 bits per heavy atom. The second kappa shape index (κ2) is 7.57. The molecule has 0 fully saturated rings. The van der Waals surface area contributed by atoms with E-state index in [0.717, 1.165) is 39.4 Å². The minimum atomic E-state index is -0.327. The van der Waals surface area contributed by atoms with Gasteiger partial charge in [0, 0.05) is 15.9 Å². The second-order valence-corrected chi connectivity index (χ2v) is 8.50. The molecule has 1 atom stereocenters. The summed E-state index contributed by atoms with van der Waals surface area (Å²) in [7, 11) is 0. The van der Waals surface area contributed by atoms with Crippen LogP contribution in [0.25, 0.3) is 0 Å². The molecular formula is C23H20BrClO2. The molecule has 0 aromatic heterocycles. The lowest BCUT2D eigenvalue weighted by molar-refractivity contribution is 0.0559. The van der Waals surface area contributed by atoms with Crippen LogP contribution in [-0.4, -0.2) is 12.2 Å². The minimum Gasteiger partial charge on any atom is -0.489 e. The average Bonchev–Trinajstić information content (AvgIpc) is 3.01. The standard InChI is InChI=1S/C23H20BrClO2/c1-23(14-17-4-2-3-5-22(17)27-23)15-26-20-9-6-16(7-10-20)12-18-13-19(24)8-11-21(18)25/h2-11,13H,12,14-15H2,1H3. The molecule has 0 radical (unpaired) electrons. The smallest absolute Gasteiger partial charge is 0.144 e. The van der Waals surface area contributed by atoms with Crippen LogP contribution >= 0.6 is 27.5 Å². The lowest BCUT2D eigenvalue weighted by Crippen LogP contribution is -2.37. The van der Waals surface area contributed by atoms with Gasteiger partial charge in [0.2, 0.25) is 0 Å². The third kappa shape index (κ3) is 4.31. The van der Waals surface area contributed by atoms with Crippen molar-refractivity contribution in [2.75, 3.05) is 6.61 Å². The Labute approximate surface area is 173 Å². The Morgan fingerprint density at radius 2 is 1.85 bits per heavy atom. The number of hydrogen-bond donors (Lipinski definition) is 0. The number of rotatable bonds is 5. The molecular weight excluding hydrogens is 424 g/mol. The van der Waals surface area contributed by atoms with E-state index in [1.165, 1.54) is 11.1 Å². The van der Waals surface area contributed by atoms with Crippen molar-refractivity contribution in [2.45, 2.75) is 25.4 Å². The van der Waals surface area contributed by atoms with E-state index in [9.17, 15) is 0 Å². The highest BCUT2D eigenvalue weighted by Gasteiger charge is 2.35. The number of para-hydroxylation sites is 1. The first-order valence-electron chi connectivity index (χ1n) is 8.93. The molecule has 2 nitrogen and oxygen atoms in total. The maximum Gasteiger partial charge on any atom is 0.144 e. The zero-order valence-electron chi connectivity index (χ0n) is 15.0. The van der Waals surface area contributed by atoms with Crippen LogP contribution < -0.4 is 9.47 Å². The monoisotopic (exact) mass is 442 g/mol. The molecule has 0 N–H and O–H groups in total. The van der Waals surface area contributed by atoms with Crippen molar-refractivity contribution < 1.29 is 9.47 Å². The summed E-state index contributed by atoms with van der Waals surface area (Å²) in [6.45, 7) is 2.61. The lowest BCUT2D eigenvalue weighted by Gasteiger charge is -2.24. The molecule has 0 aliphatic carbocycles. The molecule has 0 saturated heterocycles. The third-order valence-electron chi connectivity index (χ3n) is 4.76. The van der Waals surface area contributed by atoms with Crippen LogP contribution in [0.4, 0.5) is 0 Å². The predicted molar refractivity (Wildman–Crippen MR) is 113 cm³/mol.